The molecule has 2 aliphatic rings. The van der Waals surface area contributed by atoms with Crippen LogP contribution in [0.1, 0.15) is 31.2 Å². The number of ether oxygens (including phenoxy) is 3. The standard InChI is InChI=1S/C20H23NO5S/c22-27(23,18-8-6-17(7-9-18)26-16-3-1-2-4-16)21-12-11-15-5-10-19-20(13-15)25-14-24-19/h5-10,13,16,21H,1-4,11-12,14H2. The predicted octanol–water partition coefficient (Wildman–Crippen LogP) is 3.26. The fraction of sp³-hybridized carbons (Fsp3) is 0.400. The number of rotatable bonds is 7. The van der Waals surface area contributed by atoms with E-state index in [1.807, 2.05) is 18.2 Å². The predicted molar refractivity (Wildman–Crippen MR) is 101 cm³/mol. The van der Waals surface area contributed by atoms with Crippen molar-refractivity contribution in [2.75, 3.05) is 13.3 Å². The maximum absolute atomic E-state index is 12.5. The summed E-state index contributed by atoms with van der Waals surface area (Å²) in [5.41, 5.74) is 0.988. The SMILES string of the molecule is O=S(=O)(NCCc1ccc2c(c1)OCO2)c1ccc(OC2CCCC2)cc1. The molecule has 1 heterocycles. The molecule has 1 aliphatic heterocycles. The van der Waals surface area contributed by atoms with E-state index in [1.54, 1.807) is 24.3 Å². The molecule has 0 saturated heterocycles. The number of benzene rings is 2. The average Bonchev–Trinajstić information content (AvgIpc) is 3.33. The molecule has 27 heavy (non-hydrogen) atoms. The Morgan fingerprint density at radius 2 is 1.74 bits per heavy atom. The first-order chi connectivity index (χ1) is 13.1. The summed E-state index contributed by atoms with van der Waals surface area (Å²) in [5, 5.41) is 0. The van der Waals surface area contributed by atoms with Gasteiger partial charge in [-0.2, -0.15) is 0 Å². The molecule has 1 fully saturated rings. The number of fused-ring (bicyclic) bond motifs is 1. The highest BCUT2D eigenvalue weighted by Crippen LogP contribution is 2.32. The lowest BCUT2D eigenvalue weighted by atomic mass is 10.1. The fourth-order valence-electron chi connectivity index (χ4n) is 3.41. The van der Waals surface area contributed by atoms with Gasteiger partial charge < -0.3 is 14.2 Å². The van der Waals surface area contributed by atoms with Gasteiger partial charge in [-0.1, -0.05) is 6.07 Å². The van der Waals surface area contributed by atoms with Crippen LogP contribution in [0, 0.1) is 0 Å². The fourth-order valence-corrected chi connectivity index (χ4v) is 4.44. The van der Waals surface area contributed by atoms with Gasteiger partial charge >= 0.3 is 0 Å². The number of sulfonamides is 1. The van der Waals surface area contributed by atoms with Crippen LogP contribution in [-0.2, 0) is 16.4 Å². The van der Waals surface area contributed by atoms with Gasteiger partial charge in [0.15, 0.2) is 11.5 Å². The highest BCUT2D eigenvalue weighted by atomic mass is 32.2. The Hall–Kier alpha value is -2.25. The first-order valence-electron chi connectivity index (χ1n) is 9.25. The van der Waals surface area contributed by atoms with Crippen LogP contribution in [0.25, 0.3) is 0 Å². The molecule has 1 N–H and O–H groups in total. The lowest BCUT2D eigenvalue weighted by molar-refractivity contribution is 0.174. The molecular formula is C20H23NO5S. The van der Waals surface area contributed by atoms with Crippen LogP contribution in [0.4, 0.5) is 0 Å². The monoisotopic (exact) mass is 389 g/mol. The van der Waals surface area contributed by atoms with Crippen molar-refractivity contribution in [3.8, 4) is 17.2 Å². The van der Waals surface area contributed by atoms with Crippen LogP contribution >= 0.6 is 0 Å². The van der Waals surface area contributed by atoms with Crippen molar-refractivity contribution in [3.05, 3.63) is 48.0 Å². The van der Waals surface area contributed by atoms with Crippen molar-refractivity contribution in [1.29, 1.82) is 0 Å². The topological polar surface area (TPSA) is 73.9 Å². The molecule has 0 atom stereocenters. The first kappa shape index (κ1) is 18.1. The third-order valence-corrected chi connectivity index (χ3v) is 6.36. The lowest BCUT2D eigenvalue weighted by Crippen LogP contribution is -2.26. The largest absolute Gasteiger partial charge is 0.490 e. The van der Waals surface area contributed by atoms with Crippen LogP contribution in [0.2, 0.25) is 0 Å². The summed E-state index contributed by atoms with van der Waals surface area (Å²) < 4.78 is 44.1. The van der Waals surface area contributed by atoms with Gasteiger partial charge in [0.2, 0.25) is 16.8 Å². The van der Waals surface area contributed by atoms with Crippen LogP contribution in [0.15, 0.2) is 47.4 Å². The molecule has 1 aliphatic carbocycles. The van der Waals surface area contributed by atoms with Gasteiger partial charge in [0.25, 0.3) is 0 Å². The highest BCUT2D eigenvalue weighted by molar-refractivity contribution is 7.89. The second-order valence-electron chi connectivity index (χ2n) is 6.83. The summed E-state index contributed by atoms with van der Waals surface area (Å²) in [6.45, 7) is 0.536. The molecule has 0 bridgehead atoms. The maximum atomic E-state index is 12.5. The van der Waals surface area contributed by atoms with Crippen molar-refractivity contribution in [3.63, 3.8) is 0 Å². The van der Waals surface area contributed by atoms with E-state index in [1.165, 1.54) is 12.8 Å². The van der Waals surface area contributed by atoms with Gasteiger partial charge in [0.1, 0.15) is 5.75 Å². The molecule has 1 saturated carbocycles. The van der Waals surface area contributed by atoms with Crippen LogP contribution in [-0.4, -0.2) is 27.9 Å². The summed E-state index contributed by atoms with van der Waals surface area (Å²) >= 11 is 0. The molecule has 2 aromatic rings. The molecule has 4 rings (SSSR count). The molecular weight excluding hydrogens is 366 g/mol. The summed E-state index contributed by atoms with van der Waals surface area (Å²) in [6.07, 6.45) is 5.36. The van der Waals surface area contributed by atoms with Crippen molar-refractivity contribution < 1.29 is 22.6 Å². The second-order valence-corrected chi connectivity index (χ2v) is 8.60. The average molecular weight is 389 g/mol. The van der Waals surface area contributed by atoms with E-state index >= 15 is 0 Å². The van der Waals surface area contributed by atoms with E-state index in [9.17, 15) is 8.42 Å². The van der Waals surface area contributed by atoms with E-state index < -0.39 is 10.0 Å². The van der Waals surface area contributed by atoms with E-state index in [4.69, 9.17) is 14.2 Å². The highest BCUT2D eigenvalue weighted by Gasteiger charge is 2.18. The van der Waals surface area contributed by atoms with Gasteiger partial charge in [-0.15, -0.1) is 0 Å². The summed E-state index contributed by atoms with van der Waals surface area (Å²) in [6, 6.07) is 12.3. The number of hydrogen-bond donors (Lipinski definition) is 1. The van der Waals surface area contributed by atoms with E-state index in [-0.39, 0.29) is 17.8 Å². The van der Waals surface area contributed by atoms with Crippen LogP contribution in [0.5, 0.6) is 17.2 Å². The van der Waals surface area contributed by atoms with Crippen LogP contribution < -0.4 is 18.9 Å². The first-order valence-corrected chi connectivity index (χ1v) is 10.7. The van der Waals surface area contributed by atoms with E-state index in [0.717, 1.165) is 29.9 Å². The maximum Gasteiger partial charge on any atom is 0.240 e. The van der Waals surface area contributed by atoms with Crippen LogP contribution in [0.3, 0.4) is 0 Å². The minimum Gasteiger partial charge on any atom is -0.490 e. The minimum atomic E-state index is -3.55. The Labute approximate surface area is 159 Å². The Kier molecular flexibility index (Phi) is 5.22. The second kappa shape index (κ2) is 7.78. The van der Waals surface area contributed by atoms with E-state index in [2.05, 4.69) is 4.72 Å². The lowest BCUT2D eigenvalue weighted by Gasteiger charge is -2.13. The van der Waals surface area contributed by atoms with Crippen molar-refractivity contribution in [2.45, 2.75) is 43.1 Å². The molecule has 0 amide bonds. The van der Waals surface area contributed by atoms with Gasteiger partial charge in [0, 0.05) is 6.54 Å². The Bertz CT molecular complexity index is 889. The van der Waals surface area contributed by atoms with Gasteiger partial charge in [0.05, 0.1) is 11.0 Å². The van der Waals surface area contributed by atoms with Gasteiger partial charge in [-0.3, -0.25) is 0 Å². The Balaban J connectivity index is 1.32. The molecule has 7 heteroatoms. The van der Waals surface area contributed by atoms with Gasteiger partial charge in [-0.25, -0.2) is 13.1 Å². The third kappa shape index (κ3) is 4.36. The Morgan fingerprint density at radius 1 is 1.00 bits per heavy atom. The summed E-state index contributed by atoms with van der Waals surface area (Å²) in [5.74, 6) is 2.15. The zero-order chi connectivity index (χ0) is 18.7. The molecule has 0 unspecified atom stereocenters. The smallest absolute Gasteiger partial charge is 0.240 e. The molecule has 6 nitrogen and oxygen atoms in total. The quantitative estimate of drug-likeness (QED) is 0.787. The molecule has 0 spiro atoms. The zero-order valence-electron chi connectivity index (χ0n) is 15.0. The van der Waals surface area contributed by atoms with E-state index in [0.29, 0.717) is 18.7 Å². The molecule has 0 radical (unpaired) electrons. The van der Waals surface area contributed by atoms with Crippen molar-refractivity contribution in [2.24, 2.45) is 0 Å². The summed E-state index contributed by atoms with van der Waals surface area (Å²) in [4.78, 5) is 0.243. The van der Waals surface area contributed by atoms with Crippen molar-refractivity contribution in [1.82, 2.24) is 4.72 Å². The van der Waals surface area contributed by atoms with Gasteiger partial charge in [-0.05, 0) is 74.1 Å². The van der Waals surface area contributed by atoms with Crippen molar-refractivity contribution >= 4 is 10.0 Å². The normalized spacial score (nSPS) is 16.6. The third-order valence-electron chi connectivity index (χ3n) is 4.88. The molecule has 144 valence electrons. The molecule has 2 aromatic carbocycles. The Morgan fingerprint density at radius 3 is 2.52 bits per heavy atom. The molecule has 0 aromatic heterocycles. The zero-order valence-corrected chi connectivity index (χ0v) is 15.8. The minimum absolute atomic E-state index is 0.228. The number of hydrogen-bond acceptors (Lipinski definition) is 5. The number of nitrogens with one attached hydrogen (secondary N) is 1. The summed E-state index contributed by atoms with van der Waals surface area (Å²) in [7, 11) is -3.55.